The third-order valence-corrected chi connectivity index (χ3v) is 7.84. The Morgan fingerprint density at radius 1 is 1.11 bits per heavy atom. The topological polar surface area (TPSA) is 75.6 Å². The van der Waals surface area contributed by atoms with Gasteiger partial charge in [-0.1, -0.05) is 37.3 Å². The number of piperazine rings is 1. The van der Waals surface area contributed by atoms with Crippen LogP contribution >= 0.6 is 11.3 Å². The Morgan fingerprint density at radius 2 is 1.79 bits per heavy atom. The lowest BCUT2D eigenvalue weighted by atomic mass is 9.99. The molecule has 1 fully saturated rings. The summed E-state index contributed by atoms with van der Waals surface area (Å²) in [6, 6.07) is 7.34. The van der Waals surface area contributed by atoms with E-state index in [0.717, 1.165) is 11.4 Å². The average Bonchev–Trinajstić information content (AvgIpc) is 3.15. The fourth-order valence-corrected chi connectivity index (χ4v) is 5.37. The van der Waals surface area contributed by atoms with E-state index in [1.54, 1.807) is 16.4 Å². The van der Waals surface area contributed by atoms with Gasteiger partial charge in [0.1, 0.15) is 5.01 Å². The highest BCUT2D eigenvalue weighted by atomic mass is 32.2. The maximum Gasteiger partial charge on any atom is 0.294 e. The quantitative estimate of drug-likeness (QED) is 0.649. The maximum absolute atomic E-state index is 12.9. The summed E-state index contributed by atoms with van der Waals surface area (Å²) in [7, 11) is -3.45. The normalized spacial score (nSPS) is 17.5. The Bertz CT molecular complexity index is 860. The van der Waals surface area contributed by atoms with Crippen LogP contribution in [0.25, 0.3) is 0 Å². The number of nitrogens with zero attached hydrogens (tertiary/aromatic N) is 4. The lowest BCUT2D eigenvalue weighted by Crippen LogP contribution is -2.48. The van der Waals surface area contributed by atoms with Gasteiger partial charge in [-0.15, -0.1) is 10.2 Å². The van der Waals surface area contributed by atoms with E-state index >= 15 is 0 Å². The van der Waals surface area contributed by atoms with Crippen LogP contribution in [0.3, 0.4) is 0 Å². The molecule has 1 aliphatic rings. The summed E-state index contributed by atoms with van der Waals surface area (Å²) in [5, 5.41) is 9.62. The minimum Gasteiger partial charge on any atom is -0.469 e. The van der Waals surface area contributed by atoms with E-state index in [-0.39, 0.29) is 0 Å². The summed E-state index contributed by atoms with van der Waals surface area (Å²) in [6.07, 6.45) is 1.04. The van der Waals surface area contributed by atoms with E-state index in [0.29, 0.717) is 55.3 Å². The molecule has 9 heteroatoms. The van der Waals surface area contributed by atoms with Crippen LogP contribution < -0.4 is 4.74 Å². The molecule has 0 bridgehead atoms. The second kappa shape index (κ2) is 9.30. The minimum atomic E-state index is -3.45. The molecule has 1 unspecified atom stereocenters. The van der Waals surface area contributed by atoms with E-state index < -0.39 is 10.0 Å². The number of sulfonamides is 1. The van der Waals surface area contributed by atoms with Gasteiger partial charge < -0.3 is 4.74 Å². The summed E-state index contributed by atoms with van der Waals surface area (Å²) in [6.45, 7) is 9.75. The van der Waals surface area contributed by atoms with Crippen molar-refractivity contribution >= 4 is 21.4 Å². The molecule has 1 saturated heterocycles. The number of aromatic nitrogens is 2. The predicted molar refractivity (Wildman–Crippen MR) is 110 cm³/mol. The van der Waals surface area contributed by atoms with E-state index in [9.17, 15) is 8.42 Å². The molecule has 1 atom stereocenters. The number of ether oxygens (including phenoxy) is 1. The molecule has 7 nitrogen and oxygen atoms in total. The Hall–Kier alpha value is -1.55. The highest BCUT2D eigenvalue weighted by Crippen LogP contribution is 2.24. The van der Waals surface area contributed by atoms with E-state index in [4.69, 9.17) is 4.74 Å². The maximum atomic E-state index is 12.9. The largest absolute Gasteiger partial charge is 0.469 e. The first-order valence-corrected chi connectivity index (χ1v) is 12.0. The van der Waals surface area contributed by atoms with E-state index in [1.807, 2.05) is 19.1 Å². The standard InChI is InChI=1S/C19H28N4O3S2/c1-4-15(3)16-6-8-17(9-7-16)28(24,25)23-12-10-22(11-13-23)14-18-20-21-19(27-18)26-5-2/h6-9,15H,4-5,10-14H2,1-3H3. The Morgan fingerprint density at radius 3 is 2.39 bits per heavy atom. The van der Waals surface area contributed by atoms with Crippen molar-refractivity contribution in [2.24, 2.45) is 0 Å². The monoisotopic (exact) mass is 424 g/mol. The molecule has 0 aliphatic carbocycles. The fourth-order valence-electron chi connectivity index (χ4n) is 3.16. The molecular formula is C19H28N4O3S2. The smallest absolute Gasteiger partial charge is 0.294 e. The lowest BCUT2D eigenvalue weighted by molar-refractivity contribution is 0.181. The van der Waals surface area contributed by atoms with Crippen molar-refractivity contribution in [2.45, 2.75) is 44.6 Å². The first kappa shape index (κ1) is 21.2. The molecule has 1 aromatic heterocycles. The number of hydrogen-bond donors (Lipinski definition) is 0. The van der Waals surface area contributed by atoms with Crippen LogP contribution in [0.2, 0.25) is 0 Å². The molecule has 0 amide bonds. The van der Waals surface area contributed by atoms with Gasteiger partial charge in [-0.3, -0.25) is 4.90 Å². The molecule has 0 N–H and O–H groups in total. The summed E-state index contributed by atoms with van der Waals surface area (Å²) >= 11 is 1.44. The third-order valence-electron chi connectivity index (χ3n) is 5.11. The van der Waals surface area contributed by atoms with Gasteiger partial charge in [-0.05, 0) is 37.0 Å². The number of benzene rings is 1. The molecule has 3 rings (SSSR count). The van der Waals surface area contributed by atoms with Gasteiger partial charge in [0.25, 0.3) is 5.19 Å². The first-order valence-electron chi connectivity index (χ1n) is 9.71. The zero-order valence-corrected chi connectivity index (χ0v) is 18.3. The fraction of sp³-hybridized carbons (Fsp3) is 0.579. The van der Waals surface area contributed by atoms with E-state index in [1.165, 1.54) is 16.9 Å². The zero-order valence-electron chi connectivity index (χ0n) is 16.7. The van der Waals surface area contributed by atoms with Crippen LogP contribution in [0.5, 0.6) is 5.19 Å². The number of rotatable bonds is 8. The van der Waals surface area contributed by atoms with Crippen molar-refractivity contribution in [2.75, 3.05) is 32.8 Å². The number of hydrogen-bond acceptors (Lipinski definition) is 7. The van der Waals surface area contributed by atoms with Crippen LogP contribution in [0, 0.1) is 0 Å². The molecule has 0 saturated carbocycles. The average molecular weight is 425 g/mol. The highest BCUT2D eigenvalue weighted by molar-refractivity contribution is 7.89. The Kier molecular flexibility index (Phi) is 7.03. The predicted octanol–water partition coefficient (Wildman–Crippen LogP) is 2.96. The summed E-state index contributed by atoms with van der Waals surface area (Å²) < 4.78 is 32.8. The van der Waals surface area contributed by atoms with Crippen LogP contribution in [0.1, 0.15) is 43.7 Å². The SMILES string of the molecule is CCOc1nnc(CN2CCN(S(=O)(=O)c3ccc(C(C)CC)cc3)CC2)s1. The van der Waals surface area contributed by atoms with Crippen molar-refractivity contribution in [3.05, 3.63) is 34.8 Å². The second-order valence-corrected chi connectivity index (χ2v) is 9.92. The first-order chi connectivity index (χ1) is 13.4. The summed E-state index contributed by atoms with van der Waals surface area (Å²) in [4.78, 5) is 2.58. The lowest BCUT2D eigenvalue weighted by Gasteiger charge is -2.33. The van der Waals surface area contributed by atoms with Crippen molar-refractivity contribution in [1.29, 1.82) is 0 Å². The van der Waals surface area contributed by atoms with Crippen molar-refractivity contribution < 1.29 is 13.2 Å². The van der Waals surface area contributed by atoms with Crippen molar-refractivity contribution in [1.82, 2.24) is 19.4 Å². The van der Waals surface area contributed by atoms with Crippen molar-refractivity contribution in [3.63, 3.8) is 0 Å². The molecule has 0 spiro atoms. The molecule has 28 heavy (non-hydrogen) atoms. The van der Waals surface area contributed by atoms with Gasteiger partial charge in [-0.25, -0.2) is 8.42 Å². The van der Waals surface area contributed by atoms with Gasteiger partial charge in [0.05, 0.1) is 18.0 Å². The van der Waals surface area contributed by atoms with Gasteiger partial charge in [0, 0.05) is 26.2 Å². The second-order valence-electron chi connectivity index (χ2n) is 6.95. The van der Waals surface area contributed by atoms with Gasteiger partial charge in [0.15, 0.2) is 0 Å². The molecular weight excluding hydrogens is 396 g/mol. The Balaban J connectivity index is 1.58. The molecule has 154 valence electrons. The van der Waals surface area contributed by atoms with Crippen LogP contribution in [0.15, 0.2) is 29.2 Å². The molecule has 2 heterocycles. The van der Waals surface area contributed by atoms with Crippen molar-refractivity contribution in [3.8, 4) is 5.19 Å². The third kappa shape index (κ3) is 4.89. The van der Waals surface area contributed by atoms with Crippen LogP contribution in [0.4, 0.5) is 0 Å². The summed E-state index contributed by atoms with van der Waals surface area (Å²) in [5.41, 5.74) is 1.18. The molecule has 0 radical (unpaired) electrons. The molecule has 1 aliphatic heterocycles. The van der Waals surface area contributed by atoms with Crippen LogP contribution in [-0.2, 0) is 16.6 Å². The summed E-state index contributed by atoms with van der Waals surface area (Å²) in [5.74, 6) is 0.434. The van der Waals surface area contributed by atoms with Gasteiger partial charge >= 0.3 is 0 Å². The minimum absolute atomic E-state index is 0.374. The highest BCUT2D eigenvalue weighted by Gasteiger charge is 2.29. The van der Waals surface area contributed by atoms with Gasteiger partial charge in [-0.2, -0.15) is 4.31 Å². The van der Waals surface area contributed by atoms with E-state index in [2.05, 4.69) is 28.9 Å². The zero-order chi connectivity index (χ0) is 20.1. The molecule has 2 aromatic rings. The molecule has 1 aromatic carbocycles. The Labute approximate surface area is 171 Å². The van der Waals surface area contributed by atoms with Gasteiger partial charge in [0.2, 0.25) is 10.0 Å². The van der Waals surface area contributed by atoms with Crippen LogP contribution in [-0.4, -0.2) is 60.6 Å².